The van der Waals surface area contributed by atoms with Crippen molar-refractivity contribution < 1.29 is 70.7 Å². The van der Waals surface area contributed by atoms with Gasteiger partial charge in [0.2, 0.25) is 70.9 Å². The standard InChI is InChI=1S/C74H112ClF3N12O12/c1-47(2)29-33-54-67(97)84(7)45-62(93)82(5)46-63(94)86(9)58(42-49-24-15-12-16-25-49)69(99)83(6)44-60(91)79-55(34-31-50-30-32-52(53(75)41-50)74(76,77)78)68(98)90-39-23-28-56(90)66(96)81-73(35-19-20-36-73)72(102)88(11)64(51-26-17-13-18-27-51)71(101)87(10)59(70(100)89-37-21-14-22-38-89)43-61(92)85(8)57(40-48(3)4)65(95)80-54/h29-30,32,41,48-49,51,54-59,64H,12-28,31,33-40,42-46H2,1-11H3,(H,79,91)(H,80,95)(H,81,96)/t54-,55-,56-,57-,58-,59-,64-/m0/s1. The van der Waals surface area contributed by atoms with Gasteiger partial charge in [-0.2, -0.15) is 13.2 Å². The Morgan fingerprint density at radius 3 is 1.82 bits per heavy atom. The van der Waals surface area contributed by atoms with E-state index in [0.717, 1.165) is 90.2 Å². The lowest BCUT2D eigenvalue weighted by Gasteiger charge is -2.43. The second kappa shape index (κ2) is 36.9. The number of amides is 12. The second-order valence-corrected chi connectivity index (χ2v) is 30.8. The van der Waals surface area contributed by atoms with Gasteiger partial charge in [0.15, 0.2) is 0 Å². The fourth-order valence-corrected chi connectivity index (χ4v) is 16.1. The number of likely N-dealkylation sites (N-methyl/N-ethyl adjacent to an activating group) is 7. The second-order valence-electron chi connectivity index (χ2n) is 30.4. The van der Waals surface area contributed by atoms with Crippen LogP contribution in [0.4, 0.5) is 13.2 Å². The monoisotopic (exact) mass is 1450 g/mol. The summed E-state index contributed by atoms with van der Waals surface area (Å²) in [6, 6.07) is -5.61. The number of rotatable bonds is 11. The number of piperidine rings is 1. The van der Waals surface area contributed by atoms with Crippen LogP contribution in [-0.2, 0) is 70.1 Å². The van der Waals surface area contributed by atoms with Crippen LogP contribution in [0.2, 0.25) is 5.02 Å². The van der Waals surface area contributed by atoms with Crippen LogP contribution < -0.4 is 16.0 Å². The minimum Gasteiger partial charge on any atom is -0.343 e. The molecule has 0 aromatic heterocycles. The molecule has 3 aliphatic carbocycles. The first-order chi connectivity index (χ1) is 48.1. The van der Waals surface area contributed by atoms with Crippen molar-refractivity contribution in [2.75, 3.05) is 88.6 Å². The van der Waals surface area contributed by atoms with Crippen molar-refractivity contribution in [3.8, 4) is 0 Å². The Kier molecular flexibility index (Phi) is 29.7. The molecule has 3 saturated heterocycles. The number of carbonyl (C=O) groups excluding carboxylic acids is 12. The SMILES string of the molecule is CC(C)=CC[C@@H]1NC(=O)[C@H](CC(C)C)N(C)C(=O)C[C@@H](C(=O)N2CCCCC2)N(C)C(=O)[C@H](C2CCCCC2)N(C)C(=O)C2(CCCC2)NC(=O)[C@@H]2CCCN2C(=O)[C@H](CCc2ccc(C(F)(F)F)c(Cl)c2)NC(=O)CN(C)C(=O)[C@H](CC2CCCCC2)N(C)C(=O)CN(C)C(=O)CN(C)C1=O. The van der Waals surface area contributed by atoms with E-state index in [9.17, 15) is 41.9 Å². The van der Waals surface area contributed by atoms with Gasteiger partial charge in [0.05, 0.1) is 36.6 Å². The number of alkyl halides is 3. The van der Waals surface area contributed by atoms with Gasteiger partial charge in [0.25, 0.3) is 0 Å². The molecule has 568 valence electrons. The molecular formula is C74H112ClF3N12O12. The summed E-state index contributed by atoms with van der Waals surface area (Å²) in [5, 5.41) is 8.16. The van der Waals surface area contributed by atoms with Gasteiger partial charge in [0.1, 0.15) is 47.8 Å². The number of fused-ring (bicyclic) bond motifs is 1. The van der Waals surface area contributed by atoms with Crippen molar-refractivity contribution in [1.82, 2.24) is 60.0 Å². The molecule has 7 atom stereocenters. The molecule has 24 nitrogen and oxygen atoms in total. The van der Waals surface area contributed by atoms with E-state index in [1.807, 2.05) is 27.7 Å². The minimum atomic E-state index is -4.76. The van der Waals surface area contributed by atoms with Gasteiger partial charge in [-0.05, 0) is 139 Å². The van der Waals surface area contributed by atoms with Crippen LogP contribution >= 0.6 is 11.6 Å². The summed E-state index contributed by atoms with van der Waals surface area (Å²) in [7, 11) is 10.00. The van der Waals surface area contributed by atoms with Gasteiger partial charge in [-0.15, -0.1) is 0 Å². The van der Waals surface area contributed by atoms with Crippen molar-refractivity contribution in [2.45, 2.75) is 242 Å². The normalized spacial score (nSPS) is 26.3. The van der Waals surface area contributed by atoms with Crippen LogP contribution in [0.15, 0.2) is 29.8 Å². The maximum absolute atomic E-state index is 15.8. The Bertz CT molecular complexity index is 3220. The van der Waals surface area contributed by atoms with Gasteiger partial charge in [-0.25, -0.2) is 0 Å². The Hall–Kier alpha value is -7.32. The highest BCUT2D eigenvalue weighted by Crippen LogP contribution is 2.39. The summed E-state index contributed by atoms with van der Waals surface area (Å²) in [6.45, 7) is 6.46. The highest BCUT2D eigenvalue weighted by atomic mass is 35.5. The molecule has 3 aliphatic heterocycles. The molecule has 1 spiro atoms. The first kappa shape index (κ1) is 82.0. The first-order valence-electron chi connectivity index (χ1n) is 36.9. The minimum absolute atomic E-state index is 0.00548. The average Bonchev–Trinajstić information content (AvgIpc) is 1.54. The molecule has 28 heteroatoms. The van der Waals surface area contributed by atoms with Crippen LogP contribution in [0.3, 0.4) is 0 Å². The number of nitrogens with zero attached hydrogens (tertiary/aromatic N) is 9. The summed E-state index contributed by atoms with van der Waals surface area (Å²) < 4.78 is 41.7. The molecule has 102 heavy (non-hydrogen) atoms. The van der Waals surface area contributed by atoms with E-state index in [4.69, 9.17) is 11.6 Å². The predicted molar refractivity (Wildman–Crippen MR) is 378 cm³/mol. The third-order valence-electron chi connectivity index (χ3n) is 22.0. The zero-order chi connectivity index (χ0) is 75.1. The van der Waals surface area contributed by atoms with Crippen LogP contribution in [-0.4, -0.2) is 251 Å². The molecule has 0 unspecified atom stereocenters. The molecule has 3 saturated carbocycles. The molecule has 0 bridgehead atoms. The largest absolute Gasteiger partial charge is 0.417 e. The van der Waals surface area contributed by atoms with Gasteiger partial charge < -0.3 is 60.0 Å². The Morgan fingerprint density at radius 2 is 1.22 bits per heavy atom. The number of nitrogens with one attached hydrogen (secondary N) is 3. The topological polar surface area (TPSA) is 270 Å². The van der Waals surface area contributed by atoms with Gasteiger partial charge >= 0.3 is 6.18 Å². The van der Waals surface area contributed by atoms with Crippen molar-refractivity contribution in [3.05, 3.63) is 46.0 Å². The van der Waals surface area contributed by atoms with E-state index < -0.39 is 167 Å². The van der Waals surface area contributed by atoms with Gasteiger partial charge in [-0.3, -0.25) is 57.5 Å². The Balaban J connectivity index is 1.29. The fourth-order valence-electron chi connectivity index (χ4n) is 15.8. The first-order valence-corrected chi connectivity index (χ1v) is 37.3. The number of allylic oxidation sites excluding steroid dienone is 1. The molecular weight excluding hydrogens is 1340 g/mol. The molecule has 12 amide bonds. The third-order valence-corrected chi connectivity index (χ3v) is 22.3. The lowest BCUT2D eigenvalue weighted by molar-refractivity contribution is -0.157. The highest BCUT2D eigenvalue weighted by Gasteiger charge is 2.51. The smallest absolute Gasteiger partial charge is 0.343 e. The average molecular weight is 1450 g/mol. The van der Waals surface area contributed by atoms with Gasteiger partial charge in [0, 0.05) is 69.0 Å². The summed E-state index contributed by atoms with van der Waals surface area (Å²) in [6.07, 6.45) is 8.39. The van der Waals surface area contributed by atoms with Crippen molar-refractivity contribution in [1.29, 1.82) is 0 Å². The molecule has 0 radical (unpaired) electrons. The number of likely N-dealkylation sites (tertiary alicyclic amines) is 1. The molecule has 3 N–H and O–H groups in total. The molecule has 6 aliphatic rings. The number of halogens is 4. The predicted octanol–water partition coefficient (Wildman–Crippen LogP) is 6.73. The maximum Gasteiger partial charge on any atom is 0.417 e. The summed E-state index contributed by atoms with van der Waals surface area (Å²) in [4.78, 5) is 191. The Labute approximate surface area is 605 Å². The number of benzene rings is 1. The number of hydrogen-bond acceptors (Lipinski definition) is 12. The molecule has 3 heterocycles. The summed E-state index contributed by atoms with van der Waals surface area (Å²) in [5.41, 5.74) is -1.52. The maximum atomic E-state index is 15.8. The number of hydrogen-bond donors (Lipinski definition) is 3. The summed E-state index contributed by atoms with van der Waals surface area (Å²) >= 11 is 6.17. The van der Waals surface area contributed by atoms with E-state index in [0.29, 0.717) is 63.6 Å². The third kappa shape index (κ3) is 21.2. The van der Waals surface area contributed by atoms with E-state index in [2.05, 4.69) is 16.0 Å². The van der Waals surface area contributed by atoms with Crippen LogP contribution in [0, 0.1) is 17.8 Å². The Morgan fingerprint density at radius 1 is 0.618 bits per heavy atom. The van der Waals surface area contributed by atoms with Gasteiger partial charge in [-0.1, -0.05) is 107 Å². The van der Waals surface area contributed by atoms with E-state index in [1.54, 1.807) is 11.0 Å². The van der Waals surface area contributed by atoms with Crippen LogP contribution in [0.5, 0.6) is 0 Å². The van der Waals surface area contributed by atoms with Crippen molar-refractivity contribution in [2.24, 2.45) is 17.8 Å². The highest BCUT2D eigenvalue weighted by molar-refractivity contribution is 6.31. The zero-order valence-corrected chi connectivity index (χ0v) is 62.7. The number of carbonyl (C=O) groups is 12. The number of aryl methyl sites for hydroxylation is 1. The molecule has 7 rings (SSSR count). The van der Waals surface area contributed by atoms with Crippen LogP contribution in [0.25, 0.3) is 0 Å². The van der Waals surface area contributed by atoms with E-state index in [1.165, 1.54) is 79.9 Å². The van der Waals surface area contributed by atoms with Crippen molar-refractivity contribution in [3.63, 3.8) is 0 Å². The van der Waals surface area contributed by atoms with Crippen LogP contribution in [0.1, 0.15) is 193 Å². The molecule has 1 aromatic rings. The lowest BCUT2D eigenvalue weighted by Crippen LogP contribution is -2.65. The summed E-state index contributed by atoms with van der Waals surface area (Å²) in [5.74, 6) is -8.30. The quantitative estimate of drug-likeness (QED) is 0.195. The van der Waals surface area contributed by atoms with Crippen molar-refractivity contribution >= 4 is 82.5 Å². The molecule has 1 aromatic carbocycles. The lowest BCUT2D eigenvalue weighted by atomic mass is 9.81. The fraction of sp³-hybridized carbons (Fsp3) is 0.730. The van der Waals surface area contributed by atoms with E-state index in [-0.39, 0.29) is 69.7 Å². The zero-order valence-electron chi connectivity index (χ0n) is 61.9. The molecule has 6 fully saturated rings. The van der Waals surface area contributed by atoms with E-state index >= 15 is 28.8 Å².